The van der Waals surface area contributed by atoms with E-state index in [0.29, 0.717) is 0 Å². The van der Waals surface area contributed by atoms with Crippen molar-refractivity contribution in [1.82, 2.24) is 0 Å². The summed E-state index contributed by atoms with van der Waals surface area (Å²) in [6.07, 6.45) is -5.74. The van der Waals surface area contributed by atoms with Crippen LogP contribution in [0.5, 0.6) is 0 Å². The monoisotopic (exact) mass is 347 g/mol. The van der Waals surface area contributed by atoms with Gasteiger partial charge < -0.3 is 29.4 Å². The van der Waals surface area contributed by atoms with Gasteiger partial charge in [0.15, 0.2) is 18.3 Å². The van der Waals surface area contributed by atoms with Crippen molar-refractivity contribution in [1.29, 1.82) is 0 Å². The molecular weight excluding hydrogens is 326 g/mol. The summed E-state index contributed by atoms with van der Waals surface area (Å²) in [5, 5.41) is 0. The number of carbonyl (C=O) groups excluding carboxylic acids is 4. The second-order valence-corrected chi connectivity index (χ2v) is 5.16. The van der Waals surface area contributed by atoms with Gasteiger partial charge in [-0.05, 0) is 0 Å². The van der Waals surface area contributed by atoms with Gasteiger partial charge >= 0.3 is 23.9 Å². The van der Waals surface area contributed by atoms with E-state index in [0.717, 1.165) is 20.8 Å². The summed E-state index contributed by atoms with van der Waals surface area (Å²) in [7, 11) is 0. The Morgan fingerprint density at radius 1 is 0.792 bits per heavy atom. The maximum Gasteiger partial charge on any atom is 0.303 e. The third kappa shape index (κ3) is 5.78. The Kier molecular flexibility index (Phi) is 7.11. The zero-order valence-corrected chi connectivity index (χ0v) is 13.8. The van der Waals surface area contributed by atoms with Crippen LogP contribution in [-0.2, 0) is 42.9 Å². The first-order valence-electron chi connectivity index (χ1n) is 7.18. The van der Waals surface area contributed by atoms with Crippen LogP contribution in [-0.4, -0.2) is 61.1 Å². The summed E-state index contributed by atoms with van der Waals surface area (Å²) in [6.45, 7) is 4.32. The zero-order chi connectivity index (χ0) is 18.4. The highest BCUT2D eigenvalue weighted by atomic mass is 16.7. The van der Waals surface area contributed by atoms with Gasteiger partial charge in [-0.2, -0.15) is 0 Å². The fourth-order valence-electron chi connectivity index (χ4n) is 2.26. The Morgan fingerprint density at radius 3 is 1.71 bits per heavy atom. The van der Waals surface area contributed by atoms with E-state index in [1.165, 1.54) is 6.92 Å². The van der Waals surface area contributed by atoms with Crippen molar-refractivity contribution in [3.63, 3.8) is 0 Å². The second-order valence-electron chi connectivity index (χ2n) is 5.16. The van der Waals surface area contributed by atoms with Crippen molar-refractivity contribution in [2.24, 2.45) is 5.73 Å². The molecule has 1 aliphatic rings. The van der Waals surface area contributed by atoms with E-state index in [-0.39, 0.29) is 6.61 Å². The first kappa shape index (κ1) is 19.8. The van der Waals surface area contributed by atoms with Gasteiger partial charge in [0.2, 0.25) is 0 Å². The van der Waals surface area contributed by atoms with Gasteiger partial charge in [-0.15, -0.1) is 0 Å². The lowest BCUT2D eigenvalue weighted by atomic mass is 9.97. The highest BCUT2D eigenvalue weighted by Crippen LogP contribution is 2.27. The summed E-state index contributed by atoms with van der Waals surface area (Å²) < 4.78 is 25.6. The molecule has 0 radical (unpaired) electrons. The molecule has 0 aliphatic carbocycles. The molecule has 0 aromatic rings. The highest BCUT2D eigenvalue weighted by Gasteiger charge is 2.51. The predicted molar refractivity (Wildman–Crippen MR) is 76.1 cm³/mol. The quantitative estimate of drug-likeness (QED) is 0.487. The number of rotatable bonds is 5. The fourth-order valence-corrected chi connectivity index (χ4v) is 2.26. The SMILES string of the molecule is CC(=O)OC[C@H]1O[C@@H](N)[C@H](OC(C)=O)[C@@H](OC(C)=O)[C@H]1OC(C)=O. The lowest BCUT2D eigenvalue weighted by Crippen LogP contribution is -2.64. The smallest absolute Gasteiger partial charge is 0.303 e. The maximum absolute atomic E-state index is 11.4. The molecule has 10 heteroatoms. The van der Waals surface area contributed by atoms with Crippen molar-refractivity contribution in [3.05, 3.63) is 0 Å². The summed E-state index contributed by atoms with van der Waals surface area (Å²) >= 11 is 0. The van der Waals surface area contributed by atoms with Crippen molar-refractivity contribution in [2.45, 2.75) is 58.3 Å². The van der Waals surface area contributed by atoms with E-state index >= 15 is 0 Å². The molecule has 136 valence electrons. The molecular formula is C14H21NO9. The first-order valence-corrected chi connectivity index (χ1v) is 7.18. The Bertz CT molecular complexity index is 506. The Balaban J connectivity index is 3.11. The van der Waals surface area contributed by atoms with E-state index in [1.807, 2.05) is 0 Å². The summed E-state index contributed by atoms with van der Waals surface area (Å²) in [5.41, 5.74) is 5.81. The second kappa shape index (κ2) is 8.60. The minimum atomic E-state index is -1.21. The molecule has 0 saturated carbocycles. The van der Waals surface area contributed by atoms with Crippen LogP contribution in [0, 0.1) is 0 Å². The molecule has 0 spiro atoms. The molecule has 0 aromatic heterocycles. The predicted octanol–water partition coefficient (Wildman–Crippen LogP) is -0.972. The third-order valence-corrected chi connectivity index (χ3v) is 3.03. The van der Waals surface area contributed by atoms with Crippen LogP contribution in [0.25, 0.3) is 0 Å². The van der Waals surface area contributed by atoms with Crippen LogP contribution < -0.4 is 5.73 Å². The van der Waals surface area contributed by atoms with E-state index in [9.17, 15) is 19.2 Å². The molecule has 2 N–H and O–H groups in total. The maximum atomic E-state index is 11.4. The highest BCUT2D eigenvalue weighted by molar-refractivity contribution is 5.68. The average molecular weight is 347 g/mol. The molecule has 0 aromatic carbocycles. The minimum absolute atomic E-state index is 0.286. The van der Waals surface area contributed by atoms with Crippen molar-refractivity contribution >= 4 is 23.9 Å². The molecule has 1 aliphatic heterocycles. The van der Waals surface area contributed by atoms with E-state index in [1.54, 1.807) is 0 Å². The molecule has 0 bridgehead atoms. The van der Waals surface area contributed by atoms with Crippen LogP contribution in [0.1, 0.15) is 27.7 Å². The molecule has 1 heterocycles. The van der Waals surface area contributed by atoms with E-state index in [4.69, 9.17) is 29.4 Å². The fraction of sp³-hybridized carbons (Fsp3) is 0.714. The van der Waals surface area contributed by atoms with Gasteiger partial charge in [0.05, 0.1) is 0 Å². The lowest BCUT2D eigenvalue weighted by Gasteiger charge is -2.43. The molecule has 24 heavy (non-hydrogen) atoms. The van der Waals surface area contributed by atoms with Gasteiger partial charge in [-0.3, -0.25) is 19.2 Å². The molecule has 5 atom stereocenters. The van der Waals surface area contributed by atoms with E-state index in [2.05, 4.69) is 0 Å². The lowest BCUT2D eigenvalue weighted by molar-refractivity contribution is -0.251. The number of esters is 4. The Hall–Kier alpha value is -2.20. The summed E-state index contributed by atoms with van der Waals surface area (Å²) in [6, 6.07) is 0. The molecule has 10 nitrogen and oxygen atoms in total. The average Bonchev–Trinajstić information content (AvgIpc) is 2.42. The van der Waals surface area contributed by atoms with Gasteiger partial charge in [-0.1, -0.05) is 0 Å². The molecule has 1 rings (SSSR count). The van der Waals surface area contributed by atoms with Gasteiger partial charge in [0.1, 0.15) is 18.9 Å². The summed E-state index contributed by atoms with van der Waals surface area (Å²) in [4.78, 5) is 45.0. The first-order chi connectivity index (χ1) is 11.1. The molecule has 0 amide bonds. The van der Waals surface area contributed by atoms with Crippen molar-refractivity contribution in [2.75, 3.05) is 6.61 Å². The van der Waals surface area contributed by atoms with Crippen LogP contribution in [0.2, 0.25) is 0 Å². The van der Waals surface area contributed by atoms with Crippen LogP contribution >= 0.6 is 0 Å². The number of hydrogen-bond donors (Lipinski definition) is 1. The zero-order valence-electron chi connectivity index (χ0n) is 13.8. The van der Waals surface area contributed by atoms with Gasteiger partial charge in [0, 0.05) is 27.7 Å². The topological polar surface area (TPSA) is 140 Å². The van der Waals surface area contributed by atoms with Crippen LogP contribution in [0.15, 0.2) is 0 Å². The number of hydrogen-bond acceptors (Lipinski definition) is 10. The minimum Gasteiger partial charge on any atom is -0.463 e. The molecule has 1 saturated heterocycles. The Morgan fingerprint density at radius 2 is 1.25 bits per heavy atom. The number of carbonyl (C=O) groups is 4. The summed E-state index contributed by atoms with van der Waals surface area (Å²) in [5.74, 6) is -2.66. The normalized spacial score (nSPS) is 29.3. The van der Waals surface area contributed by atoms with E-state index < -0.39 is 54.5 Å². The van der Waals surface area contributed by atoms with Crippen molar-refractivity contribution < 1.29 is 42.9 Å². The van der Waals surface area contributed by atoms with Crippen LogP contribution in [0.3, 0.4) is 0 Å². The van der Waals surface area contributed by atoms with Crippen molar-refractivity contribution in [3.8, 4) is 0 Å². The largest absolute Gasteiger partial charge is 0.463 e. The van der Waals surface area contributed by atoms with Gasteiger partial charge in [-0.25, -0.2) is 0 Å². The molecule has 1 fully saturated rings. The Labute approximate surface area is 138 Å². The standard InChI is InChI=1S/C14H21NO9/c1-6(16)20-5-10-11(21-7(2)17)12(22-8(3)18)13(14(15)24-10)23-9(4)19/h10-14H,5,15H2,1-4H3/t10-,11+,12+,13-,14-/m1/s1. The van der Waals surface area contributed by atoms with Gasteiger partial charge in [0.25, 0.3) is 0 Å². The number of ether oxygens (including phenoxy) is 5. The molecule has 0 unspecified atom stereocenters. The third-order valence-electron chi connectivity index (χ3n) is 3.03. The van der Waals surface area contributed by atoms with Crippen LogP contribution in [0.4, 0.5) is 0 Å². The number of nitrogens with two attached hydrogens (primary N) is 1.